The quantitative estimate of drug-likeness (QED) is 0.412. The normalized spacial score (nSPS) is 48.4. The fraction of sp³-hybridized carbons (Fsp3) is 0.966. The van der Waals surface area contributed by atoms with E-state index in [1.165, 1.54) is 57.8 Å². The first-order valence-electron chi connectivity index (χ1n) is 13.7. The van der Waals surface area contributed by atoms with Crippen LogP contribution in [-0.4, -0.2) is 12.1 Å². The van der Waals surface area contributed by atoms with Crippen LogP contribution in [0, 0.1) is 51.8 Å². The summed E-state index contributed by atoms with van der Waals surface area (Å²) in [4.78, 5) is 12.3. The largest absolute Gasteiger partial charge is 0.462 e. The molecule has 3 saturated carbocycles. The molecule has 4 aliphatic rings. The summed E-state index contributed by atoms with van der Waals surface area (Å²) in [5.74, 6) is 4.80. The van der Waals surface area contributed by atoms with Gasteiger partial charge >= 0.3 is 5.97 Å². The van der Waals surface area contributed by atoms with E-state index in [1.807, 2.05) is 0 Å². The number of cyclic esters (lactones) is 1. The number of ether oxygens (including phenoxy) is 1. The fourth-order valence-corrected chi connectivity index (χ4v) is 9.76. The van der Waals surface area contributed by atoms with Gasteiger partial charge in [-0.25, -0.2) is 0 Å². The minimum Gasteiger partial charge on any atom is -0.462 e. The molecule has 9 atom stereocenters. The predicted octanol–water partition coefficient (Wildman–Crippen LogP) is 8.04. The Kier molecular flexibility index (Phi) is 6.37. The van der Waals surface area contributed by atoms with E-state index in [1.54, 1.807) is 0 Å². The second kappa shape index (κ2) is 8.35. The van der Waals surface area contributed by atoms with Crippen molar-refractivity contribution in [2.45, 2.75) is 125 Å². The molecule has 1 saturated heterocycles. The van der Waals surface area contributed by atoms with Crippen LogP contribution in [0.3, 0.4) is 0 Å². The van der Waals surface area contributed by atoms with Gasteiger partial charge in [-0.15, -0.1) is 0 Å². The molecule has 0 aromatic carbocycles. The van der Waals surface area contributed by atoms with Crippen molar-refractivity contribution in [1.82, 2.24) is 0 Å². The monoisotopic (exact) mass is 430 g/mol. The van der Waals surface area contributed by atoms with Crippen molar-refractivity contribution in [3.05, 3.63) is 0 Å². The van der Waals surface area contributed by atoms with Crippen LogP contribution in [0.2, 0.25) is 0 Å². The second-order valence-corrected chi connectivity index (χ2v) is 13.4. The van der Waals surface area contributed by atoms with Crippen molar-refractivity contribution in [1.29, 1.82) is 0 Å². The zero-order chi connectivity index (χ0) is 22.6. The lowest BCUT2D eigenvalue weighted by Crippen LogP contribution is -2.57. The van der Waals surface area contributed by atoms with Crippen molar-refractivity contribution < 1.29 is 9.53 Å². The van der Waals surface area contributed by atoms with Crippen LogP contribution < -0.4 is 0 Å². The molecule has 1 aliphatic heterocycles. The Balaban J connectivity index is 1.56. The van der Waals surface area contributed by atoms with Crippen LogP contribution in [0.15, 0.2) is 0 Å². The SMILES string of the molecule is CC(C)CCCC(C)C1CCC2(C)C3CCC4C(C)OC(=O)CCC4(C)C3CCC12C. The Bertz CT molecular complexity index is 670. The van der Waals surface area contributed by atoms with Gasteiger partial charge in [-0.1, -0.05) is 60.8 Å². The van der Waals surface area contributed by atoms with E-state index in [4.69, 9.17) is 4.74 Å². The standard InChI is InChI=1S/C29H50O2/c1-19(2)9-8-10-20(3)22-13-17-29(7)25-12-11-23-21(4)31-26(30)15-16-27(23,5)24(25)14-18-28(22,29)6/h19-25H,8-18H2,1-7H3. The van der Waals surface area contributed by atoms with Crippen molar-refractivity contribution in [3.8, 4) is 0 Å². The number of fused-ring (bicyclic) bond motifs is 5. The molecule has 0 spiro atoms. The molecule has 2 nitrogen and oxygen atoms in total. The summed E-state index contributed by atoms with van der Waals surface area (Å²) in [6.07, 6.45) is 14.2. The molecule has 0 bridgehead atoms. The summed E-state index contributed by atoms with van der Waals surface area (Å²) in [7, 11) is 0. The van der Waals surface area contributed by atoms with Crippen LogP contribution in [0.1, 0.15) is 119 Å². The third-order valence-electron chi connectivity index (χ3n) is 11.7. The summed E-state index contributed by atoms with van der Waals surface area (Å²) < 4.78 is 5.82. The molecule has 1 heterocycles. The lowest BCUT2D eigenvalue weighted by Gasteiger charge is -2.64. The molecule has 2 heteroatoms. The average Bonchev–Trinajstić information content (AvgIpc) is 2.91. The first-order chi connectivity index (χ1) is 14.5. The Labute approximate surface area is 192 Å². The molecular formula is C29H50O2. The summed E-state index contributed by atoms with van der Waals surface area (Å²) >= 11 is 0. The molecule has 178 valence electrons. The molecule has 9 unspecified atom stereocenters. The number of hydrogen-bond donors (Lipinski definition) is 0. The zero-order valence-electron chi connectivity index (χ0n) is 21.6. The van der Waals surface area contributed by atoms with E-state index in [2.05, 4.69) is 48.5 Å². The Morgan fingerprint density at radius 1 is 0.871 bits per heavy atom. The van der Waals surface area contributed by atoms with Gasteiger partial charge in [0.05, 0.1) is 0 Å². The summed E-state index contributed by atoms with van der Waals surface area (Å²) in [5.41, 5.74) is 1.25. The maximum atomic E-state index is 12.3. The molecule has 4 fully saturated rings. The molecular weight excluding hydrogens is 380 g/mol. The van der Waals surface area contributed by atoms with E-state index in [0.717, 1.165) is 36.0 Å². The third-order valence-corrected chi connectivity index (χ3v) is 11.7. The highest BCUT2D eigenvalue weighted by atomic mass is 16.5. The Morgan fingerprint density at radius 2 is 1.55 bits per heavy atom. The van der Waals surface area contributed by atoms with E-state index < -0.39 is 0 Å². The third kappa shape index (κ3) is 3.71. The Hall–Kier alpha value is -0.530. The van der Waals surface area contributed by atoms with Gasteiger partial charge in [0, 0.05) is 12.3 Å². The van der Waals surface area contributed by atoms with Crippen molar-refractivity contribution in [2.24, 2.45) is 51.8 Å². The fourth-order valence-electron chi connectivity index (χ4n) is 9.76. The molecule has 0 amide bonds. The van der Waals surface area contributed by atoms with Crippen molar-refractivity contribution >= 4 is 5.97 Å². The van der Waals surface area contributed by atoms with Gasteiger partial charge in [-0.2, -0.15) is 0 Å². The van der Waals surface area contributed by atoms with Crippen molar-refractivity contribution in [3.63, 3.8) is 0 Å². The number of esters is 1. The summed E-state index contributed by atoms with van der Waals surface area (Å²) in [6, 6.07) is 0. The maximum absolute atomic E-state index is 12.3. The first kappa shape index (κ1) is 23.6. The molecule has 0 aromatic rings. The predicted molar refractivity (Wildman–Crippen MR) is 129 cm³/mol. The molecule has 3 aliphatic carbocycles. The molecule has 31 heavy (non-hydrogen) atoms. The highest BCUT2D eigenvalue weighted by Crippen LogP contribution is 2.73. The first-order valence-corrected chi connectivity index (χ1v) is 13.7. The number of hydrogen-bond acceptors (Lipinski definition) is 2. The molecule has 0 aromatic heterocycles. The lowest BCUT2D eigenvalue weighted by molar-refractivity contribution is -0.166. The minimum absolute atomic E-state index is 0.0442. The van der Waals surface area contributed by atoms with Gasteiger partial charge in [0.15, 0.2) is 0 Å². The topological polar surface area (TPSA) is 26.3 Å². The highest BCUT2D eigenvalue weighted by molar-refractivity contribution is 5.70. The van der Waals surface area contributed by atoms with Gasteiger partial charge < -0.3 is 4.74 Å². The smallest absolute Gasteiger partial charge is 0.306 e. The van der Waals surface area contributed by atoms with Crippen LogP contribution in [0.5, 0.6) is 0 Å². The van der Waals surface area contributed by atoms with Gasteiger partial charge in [-0.05, 0) is 97.7 Å². The summed E-state index contributed by atoms with van der Waals surface area (Å²) in [6.45, 7) is 17.4. The number of rotatable bonds is 5. The minimum atomic E-state index is 0.0442. The van der Waals surface area contributed by atoms with Crippen LogP contribution in [0.25, 0.3) is 0 Å². The highest BCUT2D eigenvalue weighted by Gasteiger charge is 2.66. The van der Waals surface area contributed by atoms with Crippen LogP contribution in [0.4, 0.5) is 0 Å². The van der Waals surface area contributed by atoms with Gasteiger partial charge in [-0.3, -0.25) is 4.79 Å². The van der Waals surface area contributed by atoms with E-state index >= 15 is 0 Å². The second-order valence-electron chi connectivity index (χ2n) is 13.4. The molecule has 4 rings (SSSR count). The summed E-state index contributed by atoms with van der Waals surface area (Å²) in [5, 5.41) is 0. The zero-order valence-corrected chi connectivity index (χ0v) is 21.6. The van der Waals surface area contributed by atoms with E-state index in [-0.39, 0.29) is 17.5 Å². The Morgan fingerprint density at radius 3 is 2.26 bits per heavy atom. The van der Waals surface area contributed by atoms with Crippen molar-refractivity contribution in [2.75, 3.05) is 0 Å². The maximum Gasteiger partial charge on any atom is 0.306 e. The lowest BCUT2D eigenvalue weighted by atomic mass is 9.41. The molecule has 0 radical (unpaired) electrons. The number of carbonyl (C=O) groups excluding carboxylic acids is 1. The van der Waals surface area contributed by atoms with Crippen LogP contribution >= 0.6 is 0 Å². The average molecular weight is 431 g/mol. The van der Waals surface area contributed by atoms with Gasteiger partial charge in [0.25, 0.3) is 0 Å². The number of carbonyl (C=O) groups is 1. The van der Waals surface area contributed by atoms with Gasteiger partial charge in [0.1, 0.15) is 6.10 Å². The van der Waals surface area contributed by atoms with E-state index in [9.17, 15) is 4.79 Å². The van der Waals surface area contributed by atoms with Crippen LogP contribution in [-0.2, 0) is 9.53 Å². The van der Waals surface area contributed by atoms with Gasteiger partial charge in [0.2, 0.25) is 0 Å². The molecule has 0 N–H and O–H groups in total. The van der Waals surface area contributed by atoms with E-state index in [0.29, 0.717) is 23.2 Å².